The van der Waals surface area contributed by atoms with Gasteiger partial charge >= 0.3 is 0 Å². The minimum Gasteiger partial charge on any atom is -0.361 e. The summed E-state index contributed by atoms with van der Waals surface area (Å²) in [5.41, 5.74) is 2.60. The van der Waals surface area contributed by atoms with Crippen molar-refractivity contribution < 1.29 is 0 Å². The van der Waals surface area contributed by atoms with Gasteiger partial charge in [0.15, 0.2) is 0 Å². The Bertz CT molecular complexity index is 464. The van der Waals surface area contributed by atoms with Crippen molar-refractivity contribution in [2.75, 3.05) is 18.6 Å². The lowest BCUT2D eigenvalue weighted by Crippen LogP contribution is -2.14. The monoisotopic (exact) mass is 262 g/mol. The number of rotatable bonds is 8. The highest BCUT2D eigenvalue weighted by atomic mass is 32.2. The van der Waals surface area contributed by atoms with E-state index < -0.39 is 0 Å². The van der Waals surface area contributed by atoms with Crippen LogP contribution in [-0.2, 0) is 6.54 Å². The molecule has 1 aromatic heterocycles. The average Bonchev–Trinajstić information content (AvgIpc) is 2.81. The Labute approximate surface area is 114 Å². The summed E-state index contributed by atoms with van der Waals surface area (Å²) < 4.78 is 0. The first-order chi connectivity index (χ1) is 8.92. The fourth-order valence-electron chi connectivity index (χ4n) is 2.17. The van der Waals surface area contributed by atoms with Crippen molar-refractivity contribution in [2.45, 2.75) is 25.8 Å². The summed E-state index contributed by atoms with van der Waals surface area (Å²) in [4.78, 5) is 3.31. The molecule has 1 heterocycles. The van der Waals surface area contributed by atoms with Crippen LogP contribution in [0, 0.1) is 0 Å². The lowest BCUT2D eigenvalue weighted by molar-refractivity contribution is 0.620. The van der Waals surface area contributed by atoms with Gasteiger partial charge in [0.1, 0.15) is 0 Å². The summed E-state index contributed by atoms with van der Waals surface area (Å²) in [7, 11) is 0. The van der Waals surface area contributed by atoms with Gasteiger partial charge in [-0.3, -0.25) is 0 Å². The number of nitrogens with one attached hydrogen (secondary N) is 2. The van der Waals surface area contributed by atoms with Crippen LogP contribution < -0.4 is 5.32 Å². The van der Waals surface area contributed by atoms with E-state index >= 15 is 0 Å². The second-order valence-corrected chi connectivity index (χ2v) is 5.58. The maximum atomic E-state index is 3.53. The van der Waals surface area contributed by atoms with Crippen LogP contribution in [0.25, 0.3) is 10.9 Å². The zero-order chi connectivity index (χ0) is 12.6. The van der Waals surface area contributed by atoms with Gasteiger partial charge in [0.2, 0.25) is 0 Å². The Hall–Kier alpha value is -0.930. The Balaban J connectivity index is 1.70. The quantitative estimate of drug-likeness (QED) is 0.708. The van der Waals surface area contributed by atoms with E-state index in [0.29, 0.717) is 0 Å². The smallest absolute Gasteiger partial charge is 0.0457 e. The number of aromatic nitrogens is 1. The van der Waals surface area contributed by atoms with E-state index in [2.05, 4.69) is 47.0 Å². The van der Waals surface area contributed by atoms with Gasteiger partial charge in [0.25, 0.3) is 0 Å². The number of unbranched alkanes of at least 4 members (excludes halogenated alkanes) is 2. The molecule has 3 heteroatoms. The lowest BCUT2D eigenvalue weighted by Gasteiger charge is -2.03. The molecule has 2 aromatic rings. The van der Waals surface area contributed by atoms with Gasteiger partial charge in [-0.25, -0.2) is 0 Å². The summed E-state index contributed by atoms with van der Waals surface area (Å²) in [5, 5.41) is 4.87. The van der Waals surface area contributed by atoms with Crippen molar-refractivity contribution in [1.82, 2.24) is 10.3 Å². The Morgan fingerprint density at radius 3 is 2.94 bits per heavy atom. The van der Waals surface area contributed by atoms with E-state index in [9.17, 15) is 0 Å². The molecule has 2 nitrogen and oxygen atoms in total. The molecule has 0 unspecified atom stereocenters. The third kappa shape index (κ3) is 3.79. The Morgan fingerprint density at radius 2 is 2.06 bits per heavy atom. The van der Waals surface area contributed by atoms with E-state index in [1.54, 1.807) is 0 Å². The lowest BCUT2D eigenvalue weighted by atomic mass is 10.2. The molecule has 0 fully saturated rings. The first kappa shape index (κ1) is 13.5. The number of hydrogen-bond donors (Lipinski definition) is 2. The fourth-order valence-corrected chi connectivity index (χ4v) is 2.67. The molecule has 18 heavy (non-hydrogen) atoms. The van der Waals surface area contributed by atoms with Crippen molar-refractivity contribution in [3.63, 3.8) is 0 Å². The second-order valence-electron chi connectivity index (χ2n) is 4.59. The summed E-state index contributed by atoms with van der Waals surface area (Å²) >= 11 is 1.94. The zero-order valence-electron chi connectivity index (χ0n) is 11.0. The van der Waals surface area contributed by atoms with Crippen molar-refractivity contribution >= 4 is 22.7 Å². The first-order valence-electron chi connectivity index (χ1n) is 6.66. The van der Waals surface area contributed by atoms with Crippen LogP contribution in [-0.4, -0.2) is 23.5 Å². The van der Waals surface area contributed by atoms with E-state index in [4.69, 9.17) is 0 Å². The topological polar surface area (TPSA) is 27.8 Å². The van der Waals surface area contributed by atoms with Gasteiger partial charge in [-0.1, -0.05) is 24.6 Å². The zero-order valence-corrected chi connectivity index (χ0v) is 11.9. The fraction of sp³-hybridized carbons (Fsp3) is 0.467. The SMILES string of the molecule is CSCCCCCNCc1c[nH]c2ccccc12. The molecule has 0 aliphatic heterocycles. The highest BCUT2D eigenvalue weighted by Gasteiger charge is 2.01. The van der Waals surface area contributed by atoms with E-state index in [0.717, 1.165) is 13.1 Å². The molecule has 0 saturated carbocycles. The average molecular weight is 262 g/mol. The Morgan fingerprint density at radius 1 is 1.17 bits per heavy atom. The molecule has 98 valence electrons. The normalized spacial score (nSPS) is 11.2. The molecule has 0 aliphatic carbocycles. The van der Waals surface area contributed by atoms with E-state index in [-0.39, 0.29) is 0 Å². The van der Waals surface area contributed by atoms with E-state index in [1.165, 1.54) is 41.5 Å². The minimum atomic E-state index is 0.965. The van der Waals surface area contributed by atoms with Gasteiger partial charge in [-0.2, -0.15) is 11.8 Å². The van der Waals surface area contributed by atoms with Crippen LogP contribution in [0.5, 0.6) is 0 Å². The third-order valence-corrected chi connectivity index (χ3v) is 3.89. The van der Waals surface area contributed by atoms with Crippen molar-refractivity contribution in [3.05, 3.63) is 36.0 Å². The molecule has 0 bridgehead atoms. The second kappa shape index (κ2) is 7.49. The summed E-state index contributed by atoms with van der Waals surface area (Å²) in [6, 6.07) is 8.48. The van der Waals surface area contributed by atoms with Crippen molar-refractivity contribution in [1.29, 1.82) is 0 Å². The van der Waals surface area contributed by atoms with Crippen molar-refractivity contribution in [3.8, 4) is 0 Å². The van der Waals surface area contributed by atoms with Gasteiger partial charge in [0.05, 0.1) is 0 Å². The molecular weight excluding hydrogens is 240 g/mol. The number of fused-ring (bicyclic) bond motifs is 1. The Kier molecular flexibility index (Phi) is 5.62. The molecule has 0 radical (unpaired) electrons. The third-order valence-electron chi connectivity index (χ3n) is 3.19. The van der Waals surface area contributed by atoms with Crippen LogP contribution in [0.2, 0.25) is 0 Å². The maximum Gasteiger partial charge on any atom is 0.0457 e. The number of para-hydroxylation sites is 1. The number of thioether (sulfide) groups is 1. The van der Waals surface area contributed by atoms with Gasteiger partial charge in [0, 0.05) is 23.6 Å². The number of hydrogen-bond acceptors (Lipinski definition) is 2. The molecular formula is C15H22N2S. The van der Waals surface area contributed by atoms with Gasteiger partial charge < -0.3 is 10.3 Å². The van der Waals surface area contributed by atoms with E-state index in [1.807, 2.05) is 11.8 Å². The van der Waals surface area contributed by atoms with Gasteiger partial charge in [-0.15, -0.1) is 0 Å². The molecule has 1 aromatic carbocycles. The maximum absolute atomic E-state index is 3.53. The highest BCUT2D eigenvalue weighted by Crippen LogP contribution is 2.17. The summed E-state index contributed by atoms with van der Waals surface area (Å²) in [6.45, 7) is 2.08. The largest absolute Gasteiger partial charge is 0.361 e. The molecule has 0 spiro atoms. The molecule has 2 N–H and O–H groups in total. The predicted octanol–water partition coefficient (Wildman–Crippen LogP) is 3.79. The predicted molar refractivity (Wildman–Crippen MR) is 82.2 cm³/mol. The van der Waals surface area contributed by atoms with Crippen molar-refractivity contribution in [2.24, 2.45) is 0 Å². The summed E-state index contributed by atoms with van der Waals surface area (Å²) in [5.74, 6) is 1.29. The number of benzene rings is 1. The first-order valence-corrected chi connectivity index (χ1v) is 8.06. The van der Waals surface area contributed by atoms with Crippen LogP contribution >= 0.6 is 11.8 Å². The van der Waals surface area contributed by atoms with Crippen LogP contribution in [0.4, 0.5) is 0 Å². The van der Waals surface area contributed by atoms with Crippen LogP contribution in [0.15, 0.2) is 30.5 Å². The molecule has 2 rings (SSSR count). The van der Waals surface area contributed by atoms with Crippen LogP contribution in [0.3, 0.4) is 0 Å². The molecule has 0 aliphatic rings. The van der Waals surface area contributed by atoms with Crippen LogP contribution in [0.1, 0.15) is 24.8 Å². The highest BCUT2D eigenvalue weighted by molar-refractivity contribution is 7.98. The molecule has 0 saturated heterocycles. The minimum absolute atomic E-state index is 0.965. The number of H-pyrrole nitrogens is 1. The standard InChI is InChI=1S/C15H22N2S/c1-18-10-6-2-5-9-16-11-13-12-17-15-8-4-3-7-14(13)15/h3-4,7-8,12,16-17H,2,5-6,9-11H2,1H3. The molecule has 0 atom stereocenters. The molecule has 0 amide bonds. The van der Waals surface area contributed by atoms with Gasteiger partial charge in [-0.05, 0) is 43.0 Å². The summed E-state index contributed by atoms with van der Waals surface area (Å²) in [6.07, 6.45) is 8.25. The number of aromatic amines is 1.